The second-order valence-corrected chi connectivity index (χ2v) is 8.42. The first-order valence-corrected chi connectivity index (χ1v) is 10.9. The number of ether oxygens (including phenoxy) is 2. The SMILES string of the molecule is COc1cc(/C=N\NC(=O)c2ccc(I)cc2)cc(I)c1OCc1ccccc1. The van der Waals surface area contributed by atoms with E-state index < -0.39 is 0 Å². The van der Waals surface area contributed by atoms with Crippen LogP contribution < -0.4 is 14.9 Å². The van der Waals surface area contributed by atoms with Gasteiger partial charge in [0.1, 0.15) is 6.61 Å². The van der Waals surface area contributed by atoms with Crippen molar-refractivity contribution in [1.82, 2.24) is 5.43 Å². The molecule has 0 unspecified atom stereocenters. The molecular weight excluding hydrogens is 594 g/mol. The predicted octanol–water partition coefficient (Wildman–Crippen LogP) is 5.25. The molecule has 5 nitrogen and oxygen atoms in total. The van der Waals surface area contributed by atoms with Crippen LogP contribution in [0.15, 0.2) is 71.8 Å². The van der Waals surface area contributed by atoms with E-state index >= 15 is 0 Å². The van der Waals surface area contributed by atoms with Crippen molar-refractivity contribution in [3.05, 3.63) is 90.6 Å². The number of methoxy groups -OCH3 is 1. The number of carbonyl (C=O) groups is 1. The van der Waals surface area contributed by atoms with Crippen LogP contribution in [0.1, 0.15) is 21.5 Å². The molecule has 0 radical (unpaired) electrons. The molecule has 0 spiro atoms. The van der Waals surface area contributed by atoms with Crippen molar-refractivity contribution >= 4 is 57.3 Å². The maximum atomic E-state index is 12.1. The normalized spacial score (nSPS) is 10.7. The van der Waals surface area contributed by atoms with Gasteiger partial charge in [0.15, 0.2) is 11.5 Å². The molecule has 3 rings (SSSR count). The van der Waals surface area contributed by atoms with Crippen molar-refractivity contribution in [3.63, 3.8) is 0 Å². The maximum Gasteiger partial charge on any atom is 0.271 e. The number of carbonyl (C=O) groups excluding carboxylic acids is 1. The van der Waals surface area contributed by atoms with Gasteiger partial charge in [0, 0.05) is 9.13 Å². The van der Waals surface area contributed by atoms with Crippen LogP contribution in [0, 0.1) is 7.14 Å². The van der Waals surface area contributed by atoms with E-state index in [0.717, 1.165) is 18.3 Å². The Morgan fingerprint density at radius 1 is 1.07 bits per heavy atom. The molecule has 3 aromatic rings. The molecule has 0 heterocycles. The molecule has 7 heteroatoms. The summed E-state index contributed by atoms with van der Waals surface area (Å²) < 4.78 is 13.4. The Labute approximate surface area is 196 Å². The first kappa shape index (κ1) is 21.6. The van der Waals surface area contributed by atoms with Crippen LogP contribution in [0.25, 0.3) is 0 Å². The Balaban J connectivity index is 1.68. The van der Waals surface area contributed by atoms with Crippen molar-refractivity contribution in [2.75, 3.05) is 7.11 Å². The Bertz CT molecular complexity index is 1010. The summed E-state index contributed by atoms with van der Waals surface area (Å²) in [6.45, 7) is 0.451. The Morgan fingerprint density at radius 3 is 2.48 bits per heavy atom. The largest absolute Gasteiger partial charge is 0.493 e. The minimum atomic E-state index is -0.262. The summed E-state index contributed by atoms with van der Waals surface area (Å²) in [4.78, 5) is 12.1. The molecule has 0 aliphatic heterocycles. The number of nitrogens with one attached hydrogen (secondary N) is 1. The summed E-state index contributed by atoms with van der Waals surface area (Å²) >= 11 is 4.39. The van der Waals surface area contributed by atoms with Crippen molar-refractivity contribution in [1.29, 1.82) is 0 Å². The number of amides is 1. The van der Waals surface area contributed by atoms with E-state index in [9.17, 15) is 4.79 Å². The van der Waals surface area contributed by atoms with Crippen molar-refractivity contribution in [3.8, 4) is 11.5 Å². The smallest absolute Gasteiger partial charge is 0.271 e. The van der Waals surface area contributed by atoms with Gasteiger partial charge in [-0.3, -0.25) is 4.79 Å². The highest BCUT2D eigenvalue weighted by molar-refractivity contribution is 14.1. The number of rotatable bonds is 7. The van der Waals surface area contributed by atoms with Crippen molar-refractivity contribution in [2.45, 2.75) is 6.61 Å². The van der Waals surface area contributed by atoms with Gasteiger partial charge in [-0.15, -0.1) is 0 Å². The quantitative estimate of drug-likeness (QED) is 0.226. The molecule has 148 valence electrons. The van der Waals surface area contributed by atoms with Crippen LogP contribution in [0.4, 0.5) is 0 Å². The predicted molar refractivity (Wildman–Crippen MR) is 131 cm³/mol. The van der Waals surface area contributed by atoms with Crippen molar-refractivity contribution < 1.29 is 14.3 Å². The van der Waals surface area contributed by atoms with Crippen LogP contribution in [-0.4, -0.2) is 19.2 Å². The fourth-order valence-corrected chi connectivity index (χ4v) is 3.66. The van der Waals surface area contributed by atoms with Crippen LogP contribution in [0.2, 0.25) is 0 Å². The van der Waals surface area contributed by atoms with Gasteiger partial charge in [-0.2, -0.15) is 5.10 Å². The number of hydrogen-bond acceptors (Lipinski definition) is 4. The van der Waals surface area contributed by atoms with E-state index in [0.29, 0.717) is 23.7 Å². The van der Waals surface area contributed by atoms with E-state index in [1.807, 2.05) is 54.6 Å². The minimum absolute atomic E-state index is 0.262. The van der Waals surface area contributed by atoms with Gasteiger partial charge in [0.05, 0.1) is 16.9 Å². The monoisotopic (exact) mass is 612 g/mol. The summed E-state index contributed by atoms with van der Waals surface area (Å²) in [5, 5.41) is 4.05. The number of nitrogens with zero attached hydrogens (tertiary/aromatic N) is 1. The summed E-state index contributed by atoms with van der Waals surface area (Å²) in [5.41, 5.74) is 4.96. The second-order valence-electron chi connectivity index (χ2n) is 6.01. The molecule has 1 N–H and O–H groups in total. The average molecular weight is 612 g/mol. The molecule has 0 bridgehead atoms. The molecule has 0 aliphatic rings. The molecule has 0 saturated carbocycles. The first-order chi connectivity index (χ1) is 14.1. The molecule has 0 aromatic heterocycles. The number of hydrazone groups is 1. The van der Waals surface area contributed by atoms with Gasteiger partial charge in [0.2, 0.25) is 0 Å². The summed E-state index contributed by atoms with van der Waals surface area (Å²) in [6.07, 6.45) is 1.58. The fourth-order valence-electron chi connectivity index (χ4n) is 2.52. The van der Waals surface area contributed by atoms with Gasteiger partial charge in [-0.1, -0.05) is 30.3 Å². The average Bonchev–Trinajstić information content (AvgIpc) is 2.73. The third-order valence-corrected chi connectivity index (χ3v) is 5.48. The van der Waals surface area contributed by atoms with E-state index in [-0.39, 0.29) is 5.91 Å². The molecule has 1 amide bonds. The molecule has 3 aromatic carbocycles. The maximum absolute atomic E-state index is 12.1. The Morgan fingerprint density at radius 2 is 1.79 bits per heavy atom. The van der Waals surface area contributed by atoms with Crippen LogP contribution in [-0.2, 0) is 6.61 Å². The zero-order chi connectivity index (χ0) is 20.6. The third-order valence-electron chi connectivity index (χ3n) is 3.96. The lowest BCUT2D eigenvalue weighted by molar-refractivity contribution is 0.0955. The number of hydrogen-bond donors (Lipinski definition) is 1. The van der Waals surface area contributed by atoms with E-state index in [4.69, 9.17) is 9.47 Å². The molecule has 29 heavy (non-hydrogen) atoms. The third kappa shape index (κ3) is 6.17. The highest BCUT2D eigenvalue weighted by atomic mass is 127. The second kappa shape index (κ2) is 10.6. The Hall–Kier alpha value is -2.14. The lowest BCUT2D eigenvalue weighted by Gasteiger charge is -2.13. The highest BCUT2D eigenvalue weighted by Crippen LogP contribution is 2.34. The number of benzene rings is 3. The molecule has 0 aliphatic carbocycles. The molecule has 0 atom stereocenters. The fraction of sp³-hybridized carbons (Fsp3) is 0.0909. The van der Waals surface area contributed by atoms with Crippen molar-refractivity contribution in [2.24, 2.45) is 5.10 Å². The van der Waals surface area contributed by atoms with Crippen LogP contribution in [0.5, 0.6) is 11.5 Å². The molecule has 0 fully saturated rings. The highest BCUT2D eigenvalue weighted by Gasteiger charge is 2.11. The molecule has 0 saturated heterocycles. The van der Waals surface area contributed by atoms with Gasteiger partial charge in [-0.25, -0.2) is 5.43 Å². The van der Waals surface area contributed by atoms with Gasteiger partial charge >= 0.3 is 0 Å². The zero-order valence-corrected chi connectivity index (χ0v) is 19.9. The zero-order valence-electron chi connectivity index (χ0n) is 15.6. The lowest BCUT2D eigenvalue weighted by atomic mass is 10.2. The summed E-state index contributed by atoms with van der Waals surface area (Å²) in [7, 11) is 1.60. The van der Waals surface area contributed by atoms with Crippen LogP contribution in [0.3, 0.4) is 0 Å². The first-order valence-electron chi connectivity index (χ1n) is 8.70. The Kier molecular flexibility index (Phi) is 7.87. The van der Waals surface area contributed by atoms with E-state index in [1.165, 1.54) is 0 Å². The van der Waals surface area contributed by atoms with Gasteiger partial charge in [-0.05, 0) is 92.7 Å². The summed E-state index contributed by atoms with van der Waals surface area (Å²) in [5.74, 6) is 1.03. The van der Waals surface area contributed by atoms with E-state index in [2.05, 4.69) is 55.7 Å². The lowest BCUT2D eigenvalue weighted by Crippen LogP contribution is -2.17. The number of halogens is 2. The minimum Gasteiger partial charge on any atom is -0.493 e. The van der Waals surface area contributed by atoms with Gasteiger partial charge in [0.25, 0.3) is 5.91 Å². The van der Waals surface area contributed by atoms with E-state index in [1.54, 1.807) is 25.5 Å². The molecular formula is C22H18I2N2O3. The van der Waals surface area contributed by atoms with Crippen LogP contribution >= 0.6 is 45.2 Å². The topological polar surface area (TPSA) is 59.9 Å². The summed E-state index contributed by atoms with van der Waals surface area (Å²) in [6, 6.07) is 21.0. The van der Waals surface area contributed by atoms with Gasteiger partial charge < -0.3 is 9.47 Å². The standard InChI is InChI=1S/C22H18I2N2O3/c1-28-20-12-16(13-25-26-22(27)17-7-9-18(23)10-8-17)11-19(24)21(20)29-14-15-5-3-2-4-6-15/h2-13H,14H2,1H3,(H,26,27)/b25-13-.